The summed E-state index contributed by atoms with van der Waals surface area (Å²) in [5.41, 5.74) is 0. The largest absolute Gasteiger partial charge is 0.383 e. The molecule has 0 radical (unpaired) electrons. The fourth-order valence-electron chi connectivity index (χ4n) is 2.65. The van der Waals surface area contributed by atoms with Crippen molar-refractivity contribution in [1.82, 2.24) is 5.32 Å². The van der Waals surface area contributed by atoms with Crippen molar-refractivity contribution in [3.63, 3.8) is 0 Å². The van der Waals surface area contributed by atoms with Crippen molar-refractivity contribution in [3.8, 4) is 0 Å². The Labute approximate surface area is 162 Å². The van der Waals surface area contributed by atoms with E-state index in [9.17, 15) is 4.79 Å². The predicted molar refractivity (Wildman–Crippen MR) is 106 cm³/mol. The van der Waals surface area contributed by atoms with E-state index >= 15 is 0 Å². The molecule has 1 aromatic rings. The summed E-state index contributed by atoms with van der Waals surface area (Å²) in [6.45, 7) is 1.11. The quantitative estimate of drug-likeness (QED) is 0.622. The third kappa shape index (κ3) is 6.68. The second kappa shape index (κ2) is 10.8. The third-order valence-corrected chi connectivity index (χ3v) is 7.60. The maximum Gasteiger partial charge on any atom is 0.230 e. The highest BCUT2D eigenvalue weighted by Crippen LogP contribution is 2.42. The van der Waals surface area contributed by atoms with E-state index in [1.807, 2.05) is 18.2 Å². The number of ether oxygens (including phenoxy) is 1. The molecule has 1 amide bonds. The monoisotopic (exact) mass is 407 g/mol. The molecule has 3 nitrogen and oxygen atoms in total. The minimum Gasteiger partial charge on any atom is -0.383 e. The van der Waals surface area contributed by atoms with Crippen LogP contribution in [0, 0.1) is 0 Å². The third-order valence-electron chi connectivity index (χ3n) is 3.87. The Balaban J connectivity index is 1.88. The number of hydrogen-bond acceptors (Lipinski definition) is 4. The molecule has 2 atom stereocenters. The first-order chi connectivity index (χ1) is 11.6. The molecule has 0 unspecified atom stereocenters. The zero-order chi connectivity index (χ0) is 17.4. The zero-order valence-corrected chi connectivity index (χ0v) is 16.9. The van der Waals surface area contributed by atoms with Crippen LogP contribution in [-0.4, -0.2) is 42.4 Å². The Morgan fingerprint density at radius 3 is 2.79 bits per heavy atom. The molecule has 24 heavy (non-hydrogen) atoms. The van der Waals surface area contributed by atoms with Gasteiger partial charge in [0.1, 0.15) is 0 Å². The minimum atomic E-state index is 0.0761. The topological polar surface area (TPSA) is 38.3 Å². The molecular formula is C17H23Cl2NO2S2. The molecule has 0 aromatic heterocycles. The molecule has 1 aliphatic rings. The molecule has 0 saturated heterocycles. The van der Waals surface area contributed by atoms with Crippen LogP contribution in [0.15, 0.2) is 23.1 Å². The molecule has 0 bridgehead atoms. The van der Waals surface area contributed by atoms with E-state index in [1.165, 1.54) is 12.8 Å². The Hall–Kier alpha value is -0.0700. The lowest BCUT2D eigenvalue weighted by molar-refractivity contribution is -0.118. The number of carbonyl (C=O) groups is 1. The molecule has 1 N–H and O–H groups in total. The maximum atomic E-state index is 11.9. The van der Waals surface area contributed by atoms with Gasteiger partial charge in [-0.3, -0.25) is 4.79 Å². The zero-order valence-electron chi connectivity index (χ0n) is 13.7. The molecule has 2 rings (SSSR count). The second-order valence-electron chi connectivity index (χ2n) is 5.71. The molecule has 134 valence electrons. The van der Waals surface area contributed by atoms with Gasteiger partial charge in [-0.1, -0.05) is 36.0 Å². The molecule has 1 aromatic carbocycles. The summed E-state index contributed by atoms with van der Waals surface area (Å²) in [6.07, 6.45) is 4.75. The van der Waals surface area contributed by atoms with E-state index in [4.69, 9.17) is 27.9 Å². The highest BCUT2D eigenvalue weighted by Gasteiger charge is 2.27. The summed E-state index contributed by atoms with van der Waals surface area (Å²) >= 11 is 15.9. The van der Waals surface area contributed by atoms with Crippen LogP contribution in [0.25, 0.3) is 0 Å². The van der Waals surface area contributed by atoms with Crippen molar-refractivity contribution >= 4 is 52.6 Å². The first-order valence-corrected chi connectivity index (χ1v) is 10.8. The summed E-state index contributed by atoms with van der Waals surface area (Å²) in [6, 6.07) is 5.59. The van der Waals surface area contributed by atoms with Crippen LogP contribution in [0.1, 0.15) is 25.7 Å². The highest BCUT2D eigenvalue weighted by molar-refractivity contribution is 8.04. The molecule has 0 heterocycles. The van der Waals surface area contributed by atoms with Gasteiger partial charge in [0.05, 0.1) is 17.4 Å². The van der Waals surface area contributed by atoms with Gasteiger partial charge >= 0.3 is 0 Å². The summed E-state index contributed by atoms with van der Waals surface area (Å²) < 4.78 is 4.94. The number of amides is 1. The number of carbonyl (C=O) groups excluding carboxylic acids is 1. The van der Waals surface area contributed by atoms with Crippen molar-refractivity contribution in [3.05, 3.63) is 28.2 Å². The van der Waals surface area contributed by atoms with Crippen LogP contribution in [0.2, 0.25) is 10.0 Å². The fourth-order valence-corrected chi connectivity index (χ4v) is 5.96. The first-order valence-electron chi connectivity index (χ1n) is 8.09. The Kier molecular flexibility index (Phi) is 9.12. The van der Waals surface area contributed by atoms with Crippen molar-refractivity contribution in [1.29, 1.82) is 0 Å². The standard InChI is InChI=1S/C17H23Cl2NO2S2/c1-22-9-8-20-17(21)11-23-14-4-2-3-5-15(14)24-16-10-12(18)6-7-13(16)19/h6-7,10,14-15H,2-5,8-9,11H2,1H3,(H,20,21)/t14-,15-/m1/s1. The Morgan fingerprint density at radius 2 is 2.04 bits per heavy atom. The van der Waals surface area contributed by atoms with Crippen LogP contribution in [0.4, 0.5) is 0 Å². The number of halogens is 2. The van der Waals surface area contributed by atoms with Gasteiger partial charge in [0.2, 0.25) is 5.91 Å². The minimum absolute atomic E-state index is 0.0761. The average Bonchev–Trinajstić information content (AvgIpc) is 2.57. The van der Waals surface area contributed by atoms with Crippen LogP contribution in [0.3, 0.4) is 0 Å². The second-order valence-corrected chi connectivity index (χ2v) is 9.06. The van der Waals surface area contributed by atoms with Crippen molar-refractivity contribution in [2.75, 3.05) is 26.0 Å². The van der Waals surface area contributed by atoms with Crippen LogP contribution >= 0.6 is 46.7 Å². The molecule has 1 aliphatic carbocycles. The average molecular weight is 408 g/mol. The van der Waals surface area contributed by atoms with E-state index < -0.39 is 0 Å². The number of methoxy groups -OCH3 is 1. The lowest BCUT2D eigenvalue weighted by Crippen LogP contribution is -2.31. The first kappa shape index (κ1) is 20.2. The highest BCUT2D eigenvalue weighted by atomic mass is 35.5. The number of nitrogens with one attached hydrogen (secondary N) is 1. The van der Waals surface area contributed by atoms with Crippen LogP contribution in [0.5, 0.6) is 0 Å². The van der Waals surface area contributed by atoms with E-state index in [1.54, 1.807) is 30.6 Å². The van der Waals surface area contributed by atoms with Gasteiger partial charge < -0.3 is 10.1 Å². The van der Waals surface area contributed by atoms with Gasteiger partial charge in [-0.05, 0) is 31.0 Å². The lowest BCUT2D eigenvalue weighted by atomic mass is 10.00. The summed E-state index contributed by atoms with van der Waals surface area (Å²) in [4.78, 5) is 12.9. The summed E-state index contributed by atoms with van der Waals surface area (Å²) in [5, 5.41) is 5.26. The molecule has 1 saturated carbocycles. The van der Waals surface area contributed by atoms with Crippen molar-refractivity contribution in [2.24, 2.45) is 0 Å². The molecule has 1 fully saturated rings. The number of hydrogen-bond donors (Lipinski definition) is 1. The van der Waals surface area contributed by atoms with Gasteiger partial charge in [-0.15, -0.1) is 23.5 Å². The maximum absolute atomic E-state index is 11.9. The molecule has 0 aliphatic heterocycles. The molecular weight excluding hydrogens is 385 g/mol. The van der Waals surface area contributed by atoms with E-state index in [-0.39, 0.29) is 5.91 Å². The van der Waals surface area contributed by atoms with Crippen molar-refractivity contribution < 1.29 is 9.53 Å². The smallest absolute Gasteiger partial charge is 0.230 e. The van der Waals surface area contributed by atoms with Gasteiger partial charge in [0.15, 0.2) is 0 Å². The van der Waals surface area contributed by atoms with E-state index in [0.717, 1.165) is 22.8 Å². The predicted octanol–water partition coefficient (Wildman–Crippen LogP) is 4.89. The van der Waals surface area contributed by atoms with Crippen molar-refractivity contribution in [2.45, 2.75) is 41.1 Å². The van der Waals surface area contributed by atoms with Gasteiger partial charge in [-0.2, -0.15) is 0 Å². The number of thioether (sulfide) groups is 2. The van der Waals surface area contributed by atoms with Crippen LogP contribution < -0.4 is 5.32 Å². The van der Waals surface area contributed by atoms with Gasteiger partial charge in [0.25, 0.3) is 0 Å². The summed E-state index contributed by atoms with van der Waals surface area (Å²) in [5.74, 6) is 0.571. The Morgan fingerprint density at radius 1 is 1.29 bits per heavy atom. The van der Waals surface area contributed by atoms with Gasteiger partial charge in [-0.25, -0.2) is 0 Å². The Bertz CT molecular complexity index is 545. The number of benzene rings is 1. The van der Waals surface area contributed by atoms with E-state index in [2.05, 4.69) is 5.32 Å². The summed E-state index contributed by atoms with van der Waals surface area (Å²) in [7, 11) is 1.63. The normalized spacial score (nSPS) is 20.8. The number of rotatable bonds is 8. The molecule has 0 spiro atoms. The lowest BCUT2D eigenvalue weighted by Gasteiger charge is -2.30. The molecule has 7 heteroatoms. The van der Waals surface area contributed by atoms with Crippen LogP contribution in [-0.2, 0) is 9.53 Å². The van der Waals surface area contributed by atoms with Gasteiger partial charge in [0, 0.05) is 34.1 Å². The SMILES string of the molecule is COCCNC(=O)CS[C@@H]1CCCC[C@H]1Sc1cc(Cl)ccc1Cl. The fraction of sp³-hybridized carbons (Fsp3) is 0.588. The van der Waals surface area contributed by atoms with E-state index in [0.29, 0.717) is 34.4 Å².